The number of hydrogen-bond donors (Lipinski definition) is 4. The van der Waals surface area contributed by atoms with Crippen molar-refractivity contribution < 1.29 is 33.4 Å². The predicted octanol–water partition coefficient (Wildman–Crippen LogP) is 4.49. The third kappa shape index (κ3) is 8.52. The van der Waals surface area contributed by atoms with Crippen molar-refractivity contribution in [2.24, 2.45) is 11.8 Å². The number of aromatic amines is 1. The smallest absolute Gasteiger partial charge is 0.407 e. The first kappa shape index (κ1) is 37.8. The molecule has 2 aliphatic rings. The number of hydrogen-bond acceptors (Lipinski definition) is 9. The number of nitrogens with one attached hydrogen (secondary N) is 4. The molecule has 2 fully saturated rings. The molecule has 2 saturated heterocycles. The summed E-state index contributed by atoms with van der Waals surface area (Å²) in [6.07, 6.45) is 4.92. The molecule has 2 aromatic heterocycles. The van der Waals surface area contributed by atoms with E-state index in [4.69, 9.17) is 4.74 Å². The standard InChI is InChI=1S/C37H48N8O7/c1-21(2)30(42-36(49)51-5)34(47)44-17-7-9-28(44)32-39-20-27(41-32)24-13-16-26(38-19-24)23-11-14-25(15-12-23)40-33(46)29-10-8-18-45(29)35(48)31(22(3)4)43-37(50)52-6/h11-16,19-22,28-31H,7-10,17-18H2,1-6H3,(H,39,41)(H,40,46)(H,42,49)(H,43,50). The van der Waals surface area contributed by atoms with Gasteiger partial charge in [0.05, 0.1) is 37.8 Å². The van der Waals surface area contributed by atoms with Crippen molar-refractivity contribution in [2.45, 2.75) is 77.5 Å². The minimum absolute atomic E-state index is 0.124. The molecule has 15 nitrogen and oxygen atoms in total. The summed E-state index contributed by atoms with van der Waals surface area (Å²) in [6, 6.07) is 8.74. The highest BCUT2D eigenvalue weighted by Gasteiger charge is 2.39. The van der Waals surface area contributed by atoms with E-state index in [1.807, 2.05) is 52.0 Å². The van der Waals surface area contributed by atoms with Crippen LogP contribution in [0.2, 0.25) is 0 Å². The summed E-state index contributed by atoms with van der Waals surface area (Å²) in [5, 5.41) is 8.19. The van der Waals surface area contributed by atoms with E-state index in [1.165, 1.54) is 19.1 Å². The molecule has 0 aliphatic carbocycles. The monoisotopic (exact) mass is 716 g/mol. The second kappa shape index (κ2) is 16.7. The Balaban J connectivity index is 1.21. The van der Waals surface area contributed by atoms with Crippen molar-refractivity contribution >= 4 is 35.6 Å². The highest BCUT2D eigenvalue weighted by atomic mass is 16.5. The Hall–Kier alpha value is -5.47. The van der Waals surface area contributed by atoms with Crippen LogP contribution in [0.3, 0.4) is 0 Å². The molecular weight excluding hydrogens is 668 g/mol. The predicted molar refractivity (Wildman–Crippen MR) is 193 cm³/mol. The molecule has 52 heavy (non-hydrogen) atoms. The van der Waals surface area contributed by atoms with Gasteiger partial charge in [0, 0.05) is 36.1 Å². The zero-order valence-corrected chi connectivity index (χ0v) is 30.5. The van der Waals surface area contributed by atoms with Crippen molar-refractivity contribution in [1.29, 1.82) is 0 Å². The minimum Gasteiger partial charge on any atom is -0.453 e. The summed E-state index contributed by atoms with van der Waals surface area (Å²) in [6.45, 7) is 8.41. The molecule has 4 unspecified atom stereocenters. The molecular formula is C37H48N8O7. The molecule has 5 amide bonds. The van der Waals surface area contributed by atoms with Gasteiger partial charge in [-0.2, -0.15) is 0 Å². The lowest BCUT2D eigenvalue weighted by Gasteiger charge is -2.30. The number of amides is 5. The number of carbonyl (C=O) groups excluding carboxylic acids is 5. The fourth-order valence-corrected chi connectivity index (χ4v) is 6.70. The average Bonchev–Trinajstić information content (AvgIpc) is 3.94. The van der Waals surface area contributed by atoms with Gasteiger partial charge in [0.1, 0.15) is 23.9 Å². The molecule has 278 valence electrons. The number of imidazole rings is 1. The lowest BCUT2D eigenvalue weighted by Crippen LogP contribution is -2.54. The number of benzene rings is 1. The van der Waals surface area contributed by atoms with Gasteiger partial charge in [-0.15, -0.1) is 0 Å². The molecule has 0 spiro atoms. The van der Waals surface area contributed by atoms with Gasteiger partial charge in [-0.05, 0) is 61.8 Å². The lowest BCUT2D eigenvalue weighted by atomic mass is 10.0. The second-order valence-electron chi connectivity index (χ2n) is 13.8. The zero-order chi connectivity index (χ0) is 37.5. The van der Waals surface area contributed by atoms with Crippen molar-refractivity contribution in [3.05, 3.63) is 54.6 Å². The Morgan fingerprint density at radius 3 is 1.90 bits per heavy atom. The number of methoxy groups -OCH3 is 2. The summed E-state index contributed by atoms with van der Waals surface area (Å²) in [5.41, 5.74) is 3.76. The number of likely N-dealkylation sites (tertiary alicyclic amines) is 2. The van der Waals surface area contributed by atoms with Gasteiger partial charge in [-0.25, -0.2) is 14.6 Å². The first-order valence-electron chi connectivity index (χ1n) is 17.6. The lowest BCUT2D eigenvalue weighted by molar-refractivity contribution is -0.139. The molecule has 0 radical (unpaired) electrons. The highest BCUT2D eigenvalue weighted by Crippen LogP contribution is 2.33. The van der Waals surface area contributed by atoms with Gasteiger partial charge in [-0.3, -0.25) is 19.4 Å². The molecule has 1 aromatic carbocycles. The topological polar surface area (TPSA) is 188 Å². The number of alkyl carbamates (subject to hydrolysis) is 2. The number of aromatic nitrogens is 3. The van der Waals surface area contributed by atoms with E-state index in [-0.39, 0.29) is 35.6 Å². The quantitative estimate of drug-likeness (QED) is 0.222. The van der Waals surface area contributed by atoms with Gasteiger partial charge in [-0.1, -0.05) is 39.8 Å². The summed E-state index contributed by atoms with van der Waals surface area (Å²) in [7, 11) is 2.52. The van der Waals surface area contributed by atoms with Gasteiger partial charge in [0.15, 0.2) is 0 Å². The fraction of sp³-hybridized carbons (Fsp3) is 0.486. The maximum absolute atomic E-state index is 13.5. The average molecular weight is 717 g/mol. The normalized spacial score (nSPS) is 18.2. The van der Waals surface area contributed by atoms with Gasteiger partial charge in [0.25, 0.3) is 0 Å². The van der Waals surface area contributed by atoms with Crippen LogP contribution in [0, 0.1) is 11.8 Å². The van der Waals surface area contributed by atoms with Crippen LogP contribution < -0.4 is 16.0 Å². The number of pyridine rings is 1. The molecule has 0 saturated carbocycles. The summed E-state index contributed by atoms with van der Waals surface area (Å²) in [5.74, 6) is -0.409. The van der Waals surface area contributed by atoms with Crippen LogP contribution >= 0.6 is 0 Å². The number of ether oxygens (including phenoxy) is 2. The van der Waals surface area contributed by atoms with Gasteiger partial charge >= 0.3 is 12.2 Å². The molecule has 4 heterocycles. The SMILES string of the molecule is COC(=O)NC(C(=O)N1CCCC1C(=O)Nc1ccc(-c2ccc(-c3cnc(C4CCCN4C(=O)C(NC(=O)OC)C(C)C)[nH]3)cn2)cc1)C(C)C. The molecule has 0 bridgehead atoms. The van der Waals surface area contributed by atoms with Crippen LogP contribution in [-0.4, -0.2) is 100 Å². The van der Waals surface area contributed by atoms with Crippen molar-refractivity contribution in [3.63, 3.8) is 0 Å². The van der Waals surface area contributed by atoms with E-state index in [1.54, 1.807) is 29.4 Å². The van der Waals surface area contributed by atoms with E-state index >= 15 is 0 Å². The minimum atomic E-state index is -0.802. The number of rotatable bonds is 11. The maximum atomic E-state index is 13.5. The molecule has 5 rings (SSSR count). The number of carbonyl (C=O) groups is 5. The van der Waals surface area contributed by atoms with E-state index in [0.29, 0.717) is 37.4 Å². The number of H-pyrrole nitrogens is 1. The van der Waals surface area contributed by atoms with E-state index in [2.05, 4.69) is 35.6 Å². The first-order chi connectivity index (χ1) is 24.9. The Labute approximate surface area is 303 Å². The summed E-state index contributed by atoms with van der Waals surface area (Å²) in [4.78, 5) is 79.8. The van der Waals surface area contributed by atoms with Gasteiger partial charge in [0.2, 0.25) is 17.7 Å². The van der Waals surface area contributed by atoms with Crippen LogP contribution in [0.25, 0.3) is 22.5 Å². The van der Waals surface area contributed by atoms with Crippen LogP contribution in [0.4, 0.5) is 15.3 Å². The fourth-order valence-electron chi connectivity index (χ4n) is 6.70. The molecule has 4 atom stereocenters. The van der Waals surface area contributed by atoms with Crippen molar-refractivity contribution in [2.75, 3.05) is 32.6 Å². The van der Waals surface area contributed by atoms with E-state index in [0.717, 1.165) is 35.4 Å². The van der Waals surface area contributed by atoms with Crippen molar-refractivity contribution in [3.8, 4) is 22.5 Å². The maximum Gasteiger partial charge on any atom is 0.407 e. The first-order valence-corrected chi connectivity index (χ1v) is 17.6. The van der Waals surface area contributed by atoms with Gasteiger partial charge < -0.3 is 40.2 Å². The zero-order valence-electron chi connectivity index (χ0n) is 30.5. The summed E-state index contributed by atoms with van der Waals surface area (Å²) < 4.78 is 9.41. The summed E-state index contributed by atoms with van der Waals surface area (Å²) >= 11 is 0. The molecule has 2 aliphatic heterocycles. The molecule has 4 N–H and O–H groups in total. The third-order valence-corrected chi connectivity index (χ3v) is 9.59. The second-order valence-corrected chi connectivity index (χ2v) is 13.8. The highest BCUT2D eigenvalue weighted by molar-refractivity contribution is 5.99. The largest absolute Gasteiger partial charge is 0.453 e. The van der Waals surface area contributed by atoms with Crippen molar-refractivity contribution in [1.82, 2.24) is 35.4 Å². The number of anilines is 1. The molecule has 15 heteroatoms. The Bertz CT molecular complexity index is 1740. The van der Waals surface area contributed by atoms with Crippen LogP contribution in [0.1, 0.15) is 65.2 Å². The van der Waals surface area contributed by atoms with E-state index in [9.17, 15) is 24.0 Å². The van der Waals surface area contributed by atoms with Crippen LogP contribution in [-0.2, 0) is 23.9 Å². The number of nitrogens with zero attached hydrogens (tertiary/aromatic N) is 4. The Kier molecular flexibility index (Phi) is 12.1. The van der Waals surface area contributed by atoms with E-state index < -0.39 is 30.3 Å². The Morgan fingerprint density at radius 1 is 0.750 bits per heavy atom. The van der Waals surface area contributed by atoms with Crippen LogP contribution in [0.15, 0.2) is 48.8 Å². The molecule has 3 aromatic rings. The van der Waals surface area contributed by atoms with Crippen LogP contribution in [0.5, 0.6) is 0 Å². The third-order valence-electron chi connectivity index (χ3n) is 9.59. The Morgan fingerprint density at radius 2 is 1.33 bits per heavy atom.